The Bertz CT molecular complexity index is 3780. The van der Waals surface area contributed by atoms with Crippen molar-refractivity contribution in [1.29, 1.82) is 0 Å². The third-order valence-electron chi connectivity index (χ3n) is 13.3. The van der Waals surface area contributed by atoms with Gasteiger partial charge in [-0.1, -0.05) is 141 Å². The molecule has 0 amide bonds. The molecule has 4 aromatic heterocycles. The van der Waals surface area contributed by atoms with Gasteiger partial charge in [-0.05, 0) is 95.1 Å². The second-order valence-electron chi connectivity index (χ2n) is 17.0. The quantitative estimate of drug-likeness (QED) is 0.163. The SMILES string of the molecule is CC1(C)c2ccccc2-c2ccc(N(c3ccc(-c4nc5ccccc5c5c4ccc4c5c5ccccc5n4-c4ccccc4)cc3)c3cccc4c5ccccc5nn34)cc21. The first-order valence-electron chi connectivity index (χ1n) is 21.3. The molecule has 0 fully saturated rings. The molecule has 0 saturated carbocycles. The third-order valence-corrected chi connectivity index (χ3v) is 13.3. The predicted octanol–water partition coefficient (Wildman–Crippen LogP) is 14.7. The van der Waals surface area contributed by atoms with E-state index >= 15 is 0 Å². The highest BCUT2D eigenvalue weighted by molar-refractivity contribution is 6.29. The first kappa shape index (κ1) is 34.8. The van der Waals surface area contributed by atoms with E-state index in [2.05, 4.69) is 228 Å². The largest absolute Gasteiger partial charge is 0.309 e. The van der Waals surface area contributed by atoms with Crippen LogP contribution in [0.25, 0.3) is 88.0 Å². The fourth-order valence-corrected chi connectivity index (χ4v) is 10.4. The molecule has 0 atom stereocenters. The Kier molecular flexibility index (Phi) is 7.29. The number of pyridine rings is 2. The van der Waals surface area contributed by atoms with E-state index in [4.69, 9.17) is 10.1 Å². The van der Waals surface area contributed by atoms with E-state index in [-0.39, 0.29) is 5.41 Å². The highest BCUT2D eigenvalue weighted by atomic mass is 15.3. The van der Waals surface area contributed by atoms with Crippen molar-refractivity contribution in [3.05, 3.63) is 211 Å². The minimum atomic E-state index is -0.147. The van der Waals surface area contributed by atoms with Crippen LogP contribution in [0.15, 0.2) is 200 Å². The Morgan fingerprint density at radius 1 is 0.452 bits per heavy atom. The number of para-hydroxylation sites is 3. The zero-order valence-corrected chi connectivity index (χ0v) is 34.3. The van der Waals surface area contributed by atoms with Gasteiger partial charge in [0.2, 0.25) is 0 Å². The predicted molar refractivity (Wildman–Crippen MR) is 258 cm³/mol. The first-order valence-corrected chi connectivity index (χ1v) is 21.3. The molecule has 1 aliphatic carbocycles. The molecule has 0 aliphatic heterocycles. The number of fused-ring (bicyclic) bond motifs is 13. The van der Waals surface area contributed by atoms with Gasteiger partial charge in [0.1, 0.15) is 5.82 Å². The van der Waals surface area contributed by atoms with Crippen LogP contribution >= 0.6 is 0 Å². The summed E-state index contributed by atoms with van der Waals surface area (Å²) < 4.78 is 4.49. The number of rotatable bonds is 5. The van der Waals surface area contributed by atoms with Gasteiger partial charge in [-0.2, -0.15) is 5.10 Å². The maximum atomic E-state index is 5.42. The van der Waals surface area contributed by atoms with Crippen LogP contribution < -0.4 is 4.90 Å². The second-order valence-corrected chi connectivity index (χ2v) is 17.0. The van der Waals surface area contributed by atoms with Gasteiger partial charge in [-0.15, -0.1) is 0 Å². The average Bonchev–Trinajstić information content (AvgIpc) is 3.95. The summed E-state index contributed by atoms with van der Waals surface area (Å²) in [5.41, 5.74) is 15.8. The van der Waals surface area contributed by atoms with E-state index in [9.17, 15) is 0 Å². The lowest BCUT2D eigenvalue weighted by Gasteiger charge is -2.28. The summed E-state index contributed by atoms with van der Waals surface area (Å²) in [4.78, 5) is 7.78. The Labute approximate surface area is 358 Å². The molecule has 0 bridgehead atoms. The summed E-state index contributed by atoms with van der Waals surface area (Å²) in [7, 11) is 0. The van der Waals surface area contributed by atoms with Crippen LogP contribution in [-0.2, 0) is 5.41 Å². The highest BCUT2D eigenvalue weighted by Gasteiger charge is 2.36. The Balaban J connectivity index is 1.02. The van der Waals surface area contributed by atoms with Crippen molar-refractivity contribution in [2.75, 3.05) is 4.90 Å². The van der Waals surface area contributed by atoms with Crippen molar-refractivity contribution in [2.45, 2.75) is 19.3 Å². The fourth-order valence-electron chi connectivity index (χ4n) is 10.4. The van der Waals surface area contributed by atoms with Crippen molar-refractivity contribution < 1.29 is 0 Å². The molecule has 0 radical (unpaired) electrons. The van der Waals surface area contributed by atoms with Gasteiger partial charge in [-0.3, -0.25) is 4.90 Å². The molecule has 5 nitrogen and oxygen atoms in total. The van der Waals surface area contributed by atoms with E-state index in [1.165, 1.54) is 49.4 Å². The lowest BCUT2D eigenvalue weighted by atomic mass is 9.82. The second kappa shape index (κ2) is 13.0. The molecule has 0 saturated heterocycles. The van der Waals surface area contributed by atoms with Crippen LogP contribution in [0, 0.1) is 0 Å². The van der Waals surface area contributed by atoms with Crippen molar-refractivity contribution >= 4 is 77.1 Å². The number of benzene rings is 8. The minimum Gasteiger partial charge on any atom is -0.309 e. The van der Waals surface area contributed by atoms with Crippen LogP contribution in [0.5, 0.6) is 0 Å². The fraction of sp³-hybridized carbons (Fsp3) is 0.0526. The summed E-state index contributed by atoms with van der Waals surface area (Å²) >= 11 is 0. The molecule has 0 spiro atoms. The third kappa shape index (κ3) is 4.90. The van der Waals surface area contributed by atoms with E-state index in [1.54, 1.807) is 0 Å². The summed E-state index contributed by atoms with van der Waals surface area (Å²) in [5.74, 6) is 0.964. The zero-order chi connectivity index (χ0) is 41.1. The van der Waals surface area contributed by atoms with Gasteiger partial charge in [0.25, 0.3) is 0 Å². The van der Waals surface area contributed by atoms with Crippen molar-refractivity contribution in [2.24, 2.45) is 0 Å². The Morgan fingerprint density at radius 2 is 1.13 bits per heavy atom. The van der Waals surface area contributed by atoms with Crippen molar-refractivity contribution in [3.8, 4) is 28.1 Å². The molecule has 292 valence electrons. The number of nitrogens with zero attached hydrogens (tertiary/aromatic N) is 5. The molecule has 1 aliphatic rings. The van der Waals surface area contributed by atoms with Crippen molar-refractivity contribution in [1.82, 2.24) is 19.2 Å². The summed E-state index contributed by atoms with van der Waals surface area (Å²) in [6, 6.07) is 72.2. The standard InChI is InChI=1S/C57H39N5/c1-57(2)46-21-10-6-17-40(46)41-32-31-39(35-47(41)57)60(53-26-14-25-51-42-18-7-12-23-49(42)59-62(51)53)38-29-27-36(28-30-38)56-45-33-34-52-55(54(45)43-19-8-11-22-48(43)58-56)44-20-9-13-24-50(44)61(52)37-15-4-3-5-16-37/h3-35H,1-2H3. The number of hydrogen-bond acceptors (Lipinski definition) is 3. The van der Waals surface area contributed by atoms with E-state index in [1.807, 2.05) is 0 Å². The summed E-state index contributed by atoms with van der Waals surface area (Å²) in [5, 5.41) is 12.3. The van der Waals surface area contributed by atoms with Gasteiger partial charge in [0, 0.05) is 60.4 Å². The lowest BCUT2D eigenvalue weighted by molar-refractivity contribution is 0.660. The molecular formula is C57H39N5. The maximum Gasteiger partial charge on any atom is 0.139 e. The number of hydrogen-bond donors (Lipinski definition) is 0. The number of aromatic nitrogens is 4. The van der Waals surface area contributed by atoms with Crippen LogP contribution in [-0.4, -0.2) is 19.2 Å². The Hall–Kier alpha value is -8.02. The molecule has 8 aromatic carbocycles. The van der Waals surface area contributed by atoms with E-state index in [0.717, 1.165) is 66.8 Å². The molecule has 0 N–H and O–H groups in total. The van der Waals surface area contributed by atoms with E-state index < -0.39 is 0 Å². The van der Waals surface area contributed by atoms with E-state index in [0.29, 0.717) is 0 Å². The van der Waals surface area contributed by atoms with Gasteiger partial charge in [0.05, 0.1) is 33.3 Å². The van der Waals surface area contributed by atoms with Gasteiger partial charge in [-0.25, -0.2) is 9.50 Å². The monoisotopic (exact) mass is 793 g/mol. The van der Waals surface area contributed by atoms with Gasteiger partial charge in [0.15, 0.2) is 0 Å². The number of anilines is 3. The highest BCUT2D eigenvalue weighted by Crippen LogP contribution is 2.51. The smallest absolute Gasteiger partial charge is 0.139 e. The topological polar surface area (TPSA) is 38.4 Å². The normalized spacial score (nSPS) is 13.1. The molecular weight excluding hydrogens is 755 g/mol. The molecule has 0 unspecified atom stereocenters. The molecule has 62 heavy (non-hydrogen) atoms. The average molecular weight is 794 g/mol. The lowest BCUT2D eigenvalue weighted by Crippen LogP contribution is -2.17. The van der Waals surface area contributed by atoms with Crippen LogP contribution in [0.2, 0.25) is 0 Å². The zero-order valence-electron chi connectivity index (χ0n) is 34.3. The van der Waals surface area contributed by atoms with Crippen LogP contribution in [0.3, 0.4) is 0 Å². The molecule has 5 heteroatoms. The molecule has 4 heterocycles. The molecule has 13 rings (SSSR count). The van der Waals surface area contributed by atoms with Gasteiger partial charge < -0.3 is 4.57 Å². The van der Waals surface area contributed by atoms with Crippen LogP contribution in [0.1, 0.15) is 25.0 Å². The first-order chi connectivity index (χ1) is 30.5. The van der Waals surface area contributed by atoms with Crippen LogP contribution in [0.4, 0.5) is 17.2 Å². The summed E-state index contributed by atoms with van der Waals surface area (Å²) in [6.07, 6.45) is 0. The van der Waals surface area contributed by atoms with Crippen molar-refractivity contribution in [3.63, 3.8) is 0 Å². The summed E-state index contributed by atoms with van der Waals surface area (Å²) in [6.45, 7) is 4.69. The minimum absolute atomic E-state index is 0.147. The van der Waals surface area contributed by atoms with Gasteiger partial charge >= 0.3 is 0 Å². The molecule has 12 aromatic rings. The Morgan fingerprint density at radius 3 is 1.98 bits per heavy atom. The maximum absolute atomic E-state index is 5.42.